The molecule has 0 aromatic heterocycles. The number of hydrogen-bond donors (Lipinski definition) is 4. The first kappa shape index (κ1) is 23.7. The van der Waals surface area contributed by atoms with Crippen LogP contribution < -0.4 is 5.32 Å². The van der Waals surface area contributed by atoms with Gasteiger partial charge in [0, 0.05) is 15.6 Å². The van der Waals surface area contributed by atoms with E-state index in [9.17, 15) is 33.8 Å². The number of carbonyl (C=O) groups is 4. The molecule has 33 heavy (non-hydrogen) atoms. The van der Waals surface area contributed by atoms with Crippen LogP contribution in [0.25, 0.3) is 11.1 Å². The van der Waals surface area contributed by atoms with Crippen LogP contribution in [0, 0.1) is 5.82 Å². The molecular formula is C22H12Cl2FNO7. The first-order valence-electron chi connectivity index (χ1n) is 8.94. The van der Waals surface area contributed by atoms with Gasteiger partial charge in [-0.2, -0.15) is 0 Å². The molecule has 11 heteroatoms. The topological polar surface area (TPSA) is 141 Å². The fraction of sp³-hybridized carbons (Fsp3) is 0. The van der Waals surface area contributed by atoms with Crippen molar-refractivity contribution in [2.75, 3.05) is 5.32 Å². The zero-order chi connectivity index (χ0) is 24.4. The standard InChI is InChI=1S/C22H12Cl2FNO7/c23-10-2-4-11(16(24)6-10)9-1-3-12(20(28)29)18(5-9)26-19(27)13-8-17(25)15(22(32)33)7-14(13)21(30)31/h1-8H,(H,26,27)(H,28,29)(H,30,31)(H,32,33). The number of benzene rings is 3. The Morgan fingerprint density at radius 3 is 1.94 bits per heavy atom. The van der Waals surface area contributed by atoms with Crippen molar-refractivity contribution < 1.29 is 38.9 Å². The second-order valence-electron chi connectivity index (χ2n) is 6.63. The van der Waals surface area contributed by atoms with Gasteiger partial charge in [-0.1, -0.05) is 35.3 Å². The van der Waals surface area contributed by atoms with E-state index in [-0.39, 0.29) is 16.3 Å². The van der Waals surface area contributed by atoms with E-state index in [0.29, 0.717) is 28.3 Å². The van der Waals surface area contributed by atoms with Gasteiger partial charge in [-0.15, -0.1) is 0 Å². The van der Waals surface area contributed by atoms with Crippen molar-refractivity contribution in [2.24, 2.45) is 0 Å². The largest absolute Gasteiger partial charge is 0.478 e. The highest BCUT2D eigenvalue weighted by Gasteiger charge is 2.24. The lowest BCUT2D eigenvalue weighted by Crippen LogP contribution is -2.20. The smallest absolute Gasteiger partial charge is 0.338 e. The molecule has 0 spiro atoms. The number of carbonyl (C=O) groups excluding carboxylic acids is 1. The summed E-state index contributed by atoms with van der Waals surface area (Å²) in [7, 11) is 0. The van der Waals surface area contributed by atoms with E-state index < -0.39 is 46.3 Å². The molecule has 168 valence electrons. The van der Waals surface area contributed by atoms with E-state index in [4.69, 9.17) is 28.3 Å². The molecule has 3 aromatic carbocycles. The molecule has 0 saturated carbocycles. The van der Waals surface area contributed by atoms with E-state index >= 15 is 0 Å². The molecule has 0 aliphatic carbocycles. The van der Waals surface area contributed by atoms with Crippen LogP contribution >= 0.6 is 23.2 Å². The van der Waals surface area contributed by atoms with Crippen molar-refractivity contribution in [1.29, 1.82) is 0 Å². The number of carboxylic acid groups (broad SMARTS) is 3. The summed E-state index contributed by atoms with van der Waals surface area (Å²) in [6, 6.07) is 9.50. The Kier molecular flexibility index (Phi) is 6.66. The minimum Gasteiger partial charge on any atom is -0.478 e. The maximum atomic E-state index is 14.1. The van der Waals surface area contributed by atoms with Crippen LogP contribution in [0.15, 0.2) is 48.5 Å². The number of nitrogens with one attached hydrogen (secondary N) is 1. The number of anilines is 1. The molecule has 0 unspecified atom stereocenters. The molecule has 0 fully saturated rings. The lowest BCUT2D eigenvalue weighted by atomic mass is 10.0. The van der Waals surface area contributed by atoms with E-state index in [1.54, 1.807) is 12.1 Å². The fourth-order valence-corrected chi connectivity index (χ4v) is 3.53. The number of amides is 1. The van der Waals surface area contributed by atoms with Crippen molar-refractivity contribution in [1.82, 2.24) is 0 Å². The minimum absolute atomic E-state index is 0.227. The van der Waals surface area contributed by atoms with Gasteiger partial charge >= 0.3 is 17.9 Å². The predicted octanol–water partition coefficient (Wildman–Crippen LogP) is 5.15. The van der Waals surface area contributed by atoms with Crippen molar-refractivity contribution >= 4 is 52.7 Å². The SMILES string of the molecule is O=C(O)c1cc(C(=O)O)c(C(=O)Nc2cc(-c3ccc(Cl)cc3Cl)ccc2C(=O)O)cc1F. The van der Waals surface area contributed by atoms with Crippen LogP contribution in [0.4, 0.5) is 10.1 Å². The van der Waals surface area contributed by atoms with Crippen LogP contribution in [0.2, 0.25) is 10.0 Å². The number of carboxylic acids is 3. The van der Waals surface area contributed by atoms with Crippen molar-refractivity contribution in [2.45, 2.75) is 0 Å². The van der Waals surface area contributed by atoms with E-state index in [1.165, 1.54) is 24.3 Å². The highest BCUT2D eigenvalue weighted by atomic mass is 35.5. The molecule has 0 heterocycles. The number of rotatable bonds is 6. The molecular weight excluding hydrogens is 480 g/mol. The molecule has 0 bridgehead atoms. The van der Waals surface area contributed by atoms with Gasteiger partial charge in [0.25, 0.3) is 5.91 Å². The maximum absolute atomic E-state index is 14.1. The molecule has 0 saturated heterocycles. The molecule has 0 atom stereocenters. The van der Waals surface area contributed by atoms with Crippen LogP contribution in [0.1, 0.15) is 41.4 Å². The Bertz CT molecular complexity index is 1340. The first-order valence-corrected chi connectivity index (χ1v) is 9.69. The molecule has 3 rings (SSSR count). The first-order chi connectivity index (χ1) is 15.5. The van der Waals surface area contributed by atoms with E-state index in [1.807, 2.05) is 0 Å². The van der Waals surface area contributed by atoms with Crippen molar-refractivity contribution in [3.8, 4) is 11.1 Å². The Morgan fingerprint density at radius 2 is 1.36 bits per heavy atom. The third kappa shape index (κ3) is 4.94. The highest BCUT2D eigenvalue weighted by Crippen LogP contribution is 2.33. The molecule has 0 aliphatic rings. The zero-order valence-electron chi connectivity index (χ0n) is 16.2. The average molecular weight is 492 g/mol. The van der Waals surface area contributed by atoms with Crippen LogP contribution in [0.3, 0.4) is 0 Å². The summed E-state index contributed by atoms with van der Waals surface area (Å²) in [6.45, 7) is 0. The molecule has 3 aromatic rings. The van der Waals surface area contributed by atoms with Crippen LogP contribution in [0.5, 0.6) is 0 Å². The van der Waals surface area contributed by atoms with Crippen molar-refractivity contribution in [3.05, 3.63) is 86.6 Å². The Hall–Kier alpha value is -3.95. The number of hydrogen-bond acceptors (Lipinski definition) is 4. The van der Waals surface area contributed by atoms with Gasteiger partial charge in [-0.05, 0) is 42.0 Å². The van der Waals surface area contributed by atoms with E-state index in [0.717, 1.165) is 0 Å². The third-order valence-electron chi connectivity index (χ3n) is 4.55. The summed E-state index contributed by atoms with van der Waals surface area (Å²) in [5.41, 5.74) is -2.10. The predicted molar refractivity (Wildman–Crippen MR) is 117 cm³/mol. The molecule has 4 N–H and O–H groups in total. The lowest BCUT2D eigenvalue weighted by Gasteiger charge is -2.13. The quantitative estimate of drug-likeness (QED) is 0.373. The average Bonchev–Trinajstić information content (AvgIpc) is 2.72. The normalized spacial score (nSPS) is 10.5. The third-order valence-corrected chi connectivity index (χ3v) is 5.10. The maximum Gasteiger partial charge on any atom is 0.338 e. The summed E-state index contributed by atoms with van der Waals surface area (Å²) in [5.74, 6) is -7.29. The Labute approximate surface area is 194 Å². The highest BCUT2D eigenvalue weighted by molar-refractivity contribution is 6.36. The Morgan fingerprint density at radius 1 is 0.727 bits per heavy atom. The summed E-state index contributed by atoms with van der Waals surface area (Å²) < 4.78 is 14.1. The molecule has 0 aliphatic heterocycles. The summed E-state index contributed by atoms with van der Waals surface area (Å²) in [4.78, 5) is 47.0. The van der Waals surface area contributed by atoms with Gasteiger partial charge < -0.3 is 20.6 Å². The van der Waals surface area contributed by atoms with Gasteiger partial charge in [0.15, 0.2) is 0 Å². The molecule has 8 nitrogen and oxygen atoms in total. The summed E-state index contributed by atoms with van der Waals surface area (Å²) >= 11 is 12.1. The van der Waals surface area contributed by atoms with Gasteiger partial charge in [0.2, 0.25) is 0 Å². The van der Waals surface area contributed by atoms with Crippen LogP contribution in [-0.4, -0.2) is 39.1 Å². The Balaban J connectivity index is 2.09. The van der Waals surface area contributed by atoms with Crippen LogP contribution in [-0.2, 0) is 0 Å². The number of halogens is 3. The molecule has 0 radical (unpaired) electrons. The van der Waals surface area contributed by atoms with Gasteiger partial charge in [0.1, 0.15) is 5.82 Å². The lowest BCUT2D eigenvalue weighted by molar-refractivity contribution is 0.0678. The summed E-state index contributed by atoms with van der Waals surface area (Å²) in [6.07, 6.45) is 0. The van der Waals surface area contributed by atoms with Gasteiger partial charge in [0.05, 0.1) is 27.9 Å². The monoisotopic (exact) mass is 491 g/mol. The molecule has 1 amide bonds. The van der Waals surface area contributed by atoms with Gasteiger partial charge in [-0.25, -0.2) is 18.8 Å². The van der Waals surface area contributed by atoms with Crippen molar-refractivity contribution in [3.63, 3.8) is 0 Å². The minimum atomic E-state index is -1.72. The second-order valence-corrected chi connectivity index (χ2v) is 7.48. The number of aromatic carboxylic acids is 3. The summed E-state index contributed by atoms with van der Waals surface area (Å²) in [5, 5.41) is 30.7. The fourth-order valence-electron chi connectivity index (χ4n) is 3.02. The van der Waals surface area contributed by atoms with Gasteiger partial charge in [-0.3, -0.25) is 4.79 Å². The second kappa shape index (κ2) is 9.27. The zero-order valence-corrected chi connectivity index (χ0v) is 17.7. The van der Waals surface area contributed by atoms with E-state index in [2.05, 4.69) is 5.32 Å².